The minimum Gasteiger partial charge on any atom is -0.371 e. The summed E-state index contributed by atoms with van der Waals surface area (Å²) in [7, 11) is -1.28. The molecule has 0 saturated carbocycles. The summed E-state index contributed by atoms with van der Waals surface area (Å²) >= 11 is 0. The van der Waals surface area contributed by atoms with Gasteiger partial charge in [-0.1, -0.05) is 30.3 Å². The fraction of sp³-hybridized carbons (Fsp3) is 0.381. The molecule has 6 heteroatoms. The first-order valence-corrected chi connectivity index (χ1v) is 11.2. The zero-order valence-corrected chi connectivity index (χ0v) is 16.7. The van der Waals surface area contributed by atoms with Crippen LogP contribution in [0.15, 0.2) is 48.5 Å². The van der Waals surface area contributed by atoms with Gasteiger partial charge < -0.3 is 9.80 Å². The van der Waals surface area contributed by atoms with Gasteiger partial charge in [-0.25, -0.2) is 8.42 Å². The number of nitrogens with zero attached hydrogens (tertiary/aromatic N) is 2. The Morgan fingerprint density at radius 1 is 1.04 bits per heavy atom. The van der Waals surface area contributed by atoms with Gasteiger partial charge in [0.25, 0.3) is 5.91 Å². The van der Waals surface area contributed by atoms with E-state index in [0.29, 0.717) is 17.7 Å². The van der Waals surface area contributed by atoms with Gasteiger partial charge in [0, 0.05) is 44.2 Å². The molecule has 1 amide bonds. The Kier molecular flexibility index (Phi) is 5.85. The molecular formula is C21H26N2O3S. The smallest absolute Gasteiger partial charge is 0.253 e. The highest BCUT2D eigenvalue weighted by molar-refractivity contribution is 7.89. The molecule has 0 radical (unpaired) electrons. The van der Waals surface area contributed by atoms with Crippen LogP contribution in [-0.2, 0) is 22.1 Å². The number of carbonyl (C=O) groups excluding carboxylic acids is 1. The predicted octanol–water partition coefficient (Wildman–Crippen LogP) is 3.10. The molecular weight excluding hydrogens is 360 g/mol. The summed E-state index contributed by atoms with van der Waals surface area (Å²) in [5.74, 6) is -0.0855. The lowest BCUT2D eigenvalue weighted by molar-refractivity contribution is 0.0785. The van der Waals surface area contributed by atoms with Gasteiger partial charge in [-0.05, 0) is 42.2 Å². The van der Waals surface area contributed by atoms with Crippen LogP contribution in [0.25, 0.3) is 0 Å². The fourth-order valence-corrected chi connectivity index (χ4v) is 4.30. The van der Waals surface area contributed by atoms with Gasteiger partial charge in [0.15, 0.2) is 9.84 Å². The number of hydrogen-bond acceptors (Lipinski definition) is 4. The predicted molar refractivity (Wildman–Crippen MR) is 109 cm³/mol. The number of para-hydroxylation sites is 1. The third-order valence-corrected chi connectivity index (χ3v) is 5.68. The number of benzene rings is 2. The lowest BCUT2D eigenvalue weighted by atomic mass is 10.1. The van der Waals surface area contributed by atoms with Crippen LogP contribution in [0.2, 0.25) is 0 Å². The van der Waals surface area contributed by atoms with Crippen LogP contribution in [0.4, 0.5) is 5.69 Å². The van der Waals surface area contributed by atoms with Crippen LogP contribution in [0.1, 0.15) is 34.3 Å². The summed E-state index contributed by atoms with van der Waals surface area (Å²) in [6, 6.07) is 15.1. The number of sulfone groups is 1. The summed E-state index contributed by atoms with van der Waals surface area (Å²) in [6.45, 7) is 2.67. The molecule has 1 fully saturated rings. The zero-order chi connectivity index (χ0) is 19.4. The summed E-state index contributed by atoms with van der Waals surface area (Å²) < 4.78 is 22.8. The van der Waals surface area contributed by atoms with Crippen molar-refractivity contribution in [1.82, 2.24) is 4.90 Å². The van der Waals surface area contributed by atoms with Crippen molar-refractivity contribution in [2.75, 3.05) is 31.3 Å². The quantitative estimate of drug-likeness (QED) is 0.765. The lowest BCUT2D eigenvalue weighted by Gasteiger charge is -2.24. The fourth-order valence-electron chi connectivity index (χ4n) is 3.51. The number of amides is 1. The van der Waals surface area contributed by atoms with Crippen molar-refractivity contribution in [1.29, 1.82) is 0 Å². The van der Waals surface area contributed by atoms with E-state index in [9.17, 15) is 13.2 Å². The van der Waals surface area contributed by atoms with Crippen molar-refractivity contribution < 1.29 is 13.2 Å². The van der Waals surface area contributed by atoms with Gasteiger partial charge in [-0.15, -0.1) is 0 Å². The maximum atomic E-state index is 12.8. The first-order valence-electron chi connectivity index (χ1n) is 9.18. The Balaban J connectivity index is 1.71. The first kappa shape index (κ1) is 19.4. The molecule has 3 rings (SSSR count). The topological polar surface area (TPSA) is 57.7 Å². The Morgan fingerprint density at radius 2 is 1.67 bits per heavy atom. The summed E-state index contributed by atoms with van der Waals surface area (Å²) in [5.41, 5.74) is 3.60. The van der Waals surface area contributed by atoms with E-state index >= 15 is 0 Å². The van der Waals surface area contributed by atoms with Crippen LogP contribution in [0, 0.1) is 0 Å². The molecule has 0 N–H and O–H groups in total. The second-order valence-electron chi connectivity index (χ2n) is 7.25. The second-order valence-corrected chi connectivity index (χ2v) is 9.39. The van der Waals surface area contributed by atoms with Crippen LogP contribution in [0.3, 0.4) is 0 Å². The van der Waals surface area contributed by atoms with Crippen molar-refractivity contribution in [3.8, 4) is 0 Å². The normalized spacial score (nSPS) is 14.4. The number of anilines is 1. The minimum atomic E-state index is -3.08. The maximum Gasteiger partial charge on any atom is 0.253 e. The first-order chi connectivity index (χ1) is 12.8. The molecule has 0 aromatic heterocycles. The Bertz CT molecular complexity index is 901. The van der Waals surface area contributed by atoms with E-state index in [0.717, 1.165) is 18.7 Å². The molecule has 0 unspecified atom stereocenters. The summed E-state index contributed by atoms with van der Waals surface area (Å²) in [5, 5.41) is 0. The molecule has 1 aliphatic rings. The molecule has 2 aromatic rings. The molecule has 27 heavy (non-hydrogen) atoms. The van der Waals surface area contributed by atoms with Gasteiger partial charge in [0.1, 0.15) is 0 Å². The van der Waals surface area contributed by atoms with Crippen LogP contribution < -0.4 is 4.90 Å². The van der Waals surface area contributed by atoms with Crippen molar-refractivity contribution in [3.63, 3.8) is 0 Å². The van der Waals surface area contributed by atoms with Crippen molar-refractivity contribution in [3.05, 3.63) is 65.2 Å². The third-order valence-electron chi connectivity index (χ3n) is 4.82. The van der Waals surface area contributed by atoms with E-state index in [1.165, 1.54) is 24.8 Å². The summed E-state index contributed by atoms with van der Waals surface area (Å²) in [6.07, 6.45) is 3.63. The van der Waals surface area contributed by atoms with Crippen molar-refractivity contribution >= 4 is 21.4 Å². The van der Waals surface area contributed by atoms with E-state index in [-0.39, 0.29) is 11.7 Å². The van der Waals surface area contributed by atoms with E-state index in [2.05, 4.69) is 17.0 Å². The zero-order valence-electron chi connectivity index (χ0n) is 15.9. The highest BCUT2D eigenvalue weighted by atomic mass is 32.2. The molecule has 1 saturated heterocycles. The highest BCUT2D eigenvalue weighted by Crippen LogP contribution is 2.25. The van der Waals surface area contributed by atoms with Crippen LogP contribution in [-0.4, -0.2) is 45.6 Å². The number of carbonyl (C=O) groups is 1. The van der Waals surface area contributed by atoms with Gasteiger partial charge >= 0.3 is 0 Å². The third kappa shape index (κ3) is 5.10. The second kappa shape index (κ2) is 8.13. The Hall–Kier alpha value is -2.34. The Labute approximate surface area is 161 Å². The van der Waals surface area contributed by atoms with Crippen LogP contribution in [0.5, 0.6) is 0 Å². The van der Waals surface area contributed by atoms with Crippen LogP contribution >= 0.6 is 0 Å². The molecule has 144 valence electrons. The van der Waals surface area contributed by atoms with E-state index < -0.39 is 9.84 Å². The van der Waals surface area contributed by atoms with Crippen molar-refractivity contribution in [2.24, 2.45) is 0 Å². The average Bonchev–Trinajstić information content (AvgIpc) is 3.15. The molecule has 1 heterocycles. The highest BCUT2D eigenvalue weighted by Gasteiger charge is 2.18. The maximum absolute atomic E-state index is 12.8. The standard InChI is InChI=1S/C21H26N2O3S/c1-22(15-19-7-3-4-8-20(19)23-13-5-6-14-23)21(24)18-11-9-17(10-12-18)16-27(2,25)26/h3-4,7-12H,5-6,13-16H2,1-2H3. The number of rotatable bonds is 6. The average molecular weight is 387 g/mol. The van der Waals surface area contributed by atoms with Gasteiger partial charge in [-0.3, -0.25) is 4.79 Å². The van der Waals surface area contributed by atoms with E-state index in [1.807, 2.05) is 12.1 Å². The molecule has 2 aromatic carbocycles. The molecule has 1 aliphatic heterocycles. The number of hydrogen-bond donors (Lipinski definition) is 0. The molecule has 0 aliphatic carbocycles. The monoisotopic (exact) mass is 386 g/mol. The summed E-state index contributed by atoms with van der Waals surface area (Å²) in [4.78, 5) is 16.9. The molecule has 0 bridgehead atoms. The van der Waals surface area contributed by atoms with Gasteiger partial charge in [-0.2, -0.15) is 0 Å². The van der Waals surface area contributed by atoms with E-state index in [1.54, 1.807) is 36.2 Å². The molecule has 5 nitrogen and oxygen atoms in total. The Morgan fingerprint density at radius 3 is 2.30 bits per heavy atom. The van der Waals surface area contributed by atoms with E-state index in [4.69, 9.17) is 0 Å². The van der Waals surface area contributed by atoms with Crippen molar-refractivity contribution in [2.45, 2.75) is 25.1 Å². The molecule has 0 atom stereocenters. The van der Waals surface area contributed by atoms with Gasteiger partial charge in [0.2, 0.25) is 0 Å². The molecule has 0 spiro atoms. The SMILES string of the molecule is CN(Cc1ccccc1N1CCCC1)C(=O)c1ccc(CS(C)(=O)=O)cc1. The van der Waals surface area contributed by atoms with Gasteiger partial charge in [0.05, 0.1) is 5.75 Å². The minimum absolute atomic E-state index is 0.0134. The largest absolute Gasteiger partial charge is 0.371 e. The lowest BCUT2D eigenvalue weighted by Crippen LogP contribution is -2.28.